The Labute approximate surface area is 181 Å². The highest BCUT2D eigenvalue weighted by Crippen LogP contribution is 2.30. The topological polar surface area (TPSA) is 85.1 Å². The molecule has 2 aromatic carbocycles. The summed E-state index contributed by atoms with van der Waals surface area (Å²) < 4.78 is 16.0. The van der Waals surface area contributed by atoms with E-state index in [9.17, 15) is 9.18 Å². The largest absolute Gasteiger partial charge is 0.343 e. The van der Waals surface area contributed by atoms with Crippen LogP contribution in [0, 0.1) is 5.82 Å². The summed E-state index contributed by atoms with van der Waals surface area (Å²) in [6.07, 6.45) is 3.13. The number of halogens is 1. The van der Waals surface area contributed by atoms with Gasteiger partial charge in [0.05, 0.1) is 42.1 Å². The molecule has 2 aromatic heterocycles. The van der Waals surface area contributed by atoms with Gasteiger partial charge in [0, 0.05) is 0 Å². The molecule has 0 radical (unpaired) electrons. The van der Waals surface area contributed by atoms with E-state index in [2.05, 4.69) is 25.3 Å². The number of thioether (sulfide) groups is 1. The molecule has 1 aliphatic heterocycles. The first-order chi connectivity index (χ1) is 15.2. The van der Waals surface area contributed by atoms with Crippen molar-refractivity contribution in [2.24, 2.45) is 4.99 Å². The van der Waals surface area contributed by atoms with Gasteiger partial charge in [0.25, 0.3) is 5.56 Å². The van der Waals surface area contributed by atoms with Crippen LogP contribution in [0.15, 0.2) is 69.7 Å². The molecule has 0 saturated carbocycles. The molecule has 0 amide bonds. The van der Waals surface area contributed by atoms with Gasteiger partial charge in [0.2, 0.25) is 0 Å². The van der Waals surface area contributed by atoms with Crippen LogP contribution in [0.5, 0.6) is 0 Å². The van der Waals surface area contributed by atoms with E-state index in [1.165, 1.54) is 28.7 Å². The summed E-state index contributed by atoms with van der Waals surface area (Å²) in [4.78, 5) is 30.7. The van der Waals surface area contributed by atoms with Gasteiger partial charge in [-0.25, -0.2) is 19.3 Å². The second-order valence-corrected chi connectivity index (χ2v) is 7.91. The van der Waals surface area contributed by atoms with E-state index < -0.39 is 11.4 Å². The van der Waals surface area contributed by atoms with Gasteiger partial charge >= 0.3 is 0 Å². The minimum Gasteiger partial charge on any atom is -0.343 e. The zero-order valence-corrected chi connectivity index (χ0v) is 17.1. The molecule has 0 unspecified atom stereocenters. The first-order valence-corrected chi connectivity index (χ1v) is 10.6. The van der Waals surface area contributed by atoms with Crippen LogP contribution in [-0.4, -0.2) is 25.9 Å². The van der Waals surface area contributed by atoms with Crippen LogP contribution in [0.3, 0.4) is 0 Å². The molecular formula is C22H17FN6OS. The molecule has 0 saturated heterocycles. The lowest BCUT2D eigenvalue weighted by molar-refractivity contribution is 0.631. The number of fused-ring (bicyclic) bond motifs is 2. The van der Waals surface area contributed by atoms with Crippen molar-refractivity contribution in [2.45, 2.75) is 23.9 Å². The van der Waals surface area contributed by atoms with Gasteiger partial charge in [0.15, 0.2) is 0 Å². The maximum atomic E-state index is 14.4. The summed E-state index contributed by atoms with van der Waals surface area (Å²) in [6.45, 7) is 0.796. The number of hydrogen-bond acceptors (Lipinski definition) is 7. The van der Waals surface area contributed by atoms with E-state index in [0.717, 1.165) is 22.0 Å². The number of nitrogens with one attached hydrogen (secondary N) is 1. The number of aromatic nitrogens is 4. The molecule has 1 N–H and O–H groups in total. The molecule has 5 rings (SSSR count). The lowest BCUT2D eigenvalue weighted by Gasteiger charge is -2.16. The van der Waals surface area contributed by atoms with Gasteiger partial charge in [-0.2, -0.15) is 0 Å². The van der Waals surface area contributed by atoms with Crippen molar-refractivity contribution in [2.75, 3.05) is 5.32 Å². The highest BCUT2D eigenvalue weighted by atomic mass is 32.2. The molecular weight excluding hydrogens is 415 g/mol. The van der Waals surface area contributed by atoms with E-state index in [1.807, 2.05) is 30.3 Å². The van der Waals surface area contributed by atoms with Crippen molar-refractivity contribution in [3.63, 3.8) is 0 Å². The quantitative estimate of drug-likeness (QED) is 0.383. The van der Waals surface area contributed by atoms with Gasteiger partial charge in [0.1, 0.15) is 28.4 Å². The molecule has 31 heavy (non-hydrogen) atoms. The molecule has 0 aliphatic carbocycles. The van der Waals surface area contributed by atoms with E-state index >= 15 is 0 Å². The third-order valence-corrected chi connectivity index (χ3v) is 5.95. The van der Waals surface area contributed by atoms with Crippen molar-refractivity contribution in [3.05, 3.63) is 88.1 Å². The SMILES string of the molecule is O=c1c2c(F)cccc2nc(CSc2ncnc3c2NC=NC3)n1Cc1ccccc1. The summed E-state index contributed by atoms with van der Waals surface area (Å²) >= 11 is 1.44. The number of benzene rings is 2. The third-order valence-electron chi connectivity index (χ3n) is 4.97. The maximum Gasteiger partial charge on any atom is 0.264 e. The average molecular weight is 432 g/mol. The summed E-state index contributed by atoms with van der Waals surface area (Å²) in [5.41, 5.74) is 2.52. The van der Waals surface area contributed by atoms with Crippen molar-refractivity contribution >= 4 is 34.7 Å². The molecule has 154 valence electrons. The lowest BCUT2D eigenvalue weighted by Crippen LogP contribution is -2.26. The fourth-order valence-electron chi connectivity index (χ4n) is 3.46. The molecule has 9 heteroatoms. The third kappa shape index (κ3) is 3.79. The summed E-state index contributed by atoms with van der Waals surface area (Å²) in [7, 11) is 0. The first-order valence-electron chi connectivity index (χ1n) is 9.64. The summed E-state index contributed by atoms with van der Waals surface area (Å²) in [5, 5.41) is 3.84. The van der Waals surface area contributed by atoms with Crippen molar-refractivity contribution in [3.8, 4) is 0 Å². The van der Waals surface area contributed by atoms with E-state index in [1.54, 1.807) is 18.5 Å². The van der Waals surface area contributed by atoms with E-state index in [-0.39, 0.29) is 5.39 Å². The minimum absolute atomic E-state index is 0.00414. The Bertz CT molecular complexity index is 1360. The van der Waals surface area contributed by atoms with Gasteiger partial charge in [-0.05, 0) is 17.7 Å². The van der Waals surface area contributed by atoms with Gasteiger partial charge in [-0.15, -0.1) is 0 Å². The summed E-state index contributed by atoms with van der Waals surface area (Å²) in [5.74, 6) is 0.370. The smallest absolute Gasteiger partial charge is 0.264 e. The van der Waals surface area contributed by atoms with Crippen LogP contribution in [0.4, 0.5) is 10.1 Å². The molecule has 7 nitrogen and oxygen atoms in total. The number of nitrogens with zero attached hydrogens (tertiary/aromatic N) is 5. The second-order valence-electron chi connectivity index (χ2n) is 6.94. The fourth-order valence-corrected chi connectivity index (χ4v) is 4.39. The maximum absolute atomic E-state index is 14.4. The Morgan fingerprint density at radius 2 is 1.97 bits per heavy atom. The Balaban J connectivity index is 1.56. The molecule has 1 aliphatic rings. The first kappa shape index (κ1) is 19.4. The average Bonchev–Trinajstić information content (AvgIpc) is 2.80. The van der Waals surface area contributed by atoms with Crippen molar-refractivity contribution in [1.82, 2.24) is 19.5 Å². The Hall–Kier alpha value is -3.59. The van der Waals surface area contributed by atoms with Crippen LogP contribution in [0.2, 0.25) is 0 Å². The van der Waals surface area contributed by atoms with Crippen LogP contribution in [0.25, 0.3) is 10.9 Å². The molecule has 0 fully saturated rings. The fraction of sp³-hybridized carbons (Fsp3) is 0.136. The van der Waals surface area contributed by atoms with Crippen LogP contribution in [0.1, 0.15) is 17.1 Å². The molecule has 0 atom stereocenters. The standard InChI is InChI=1S/C22H17FN6OS/c23-15-7-4-8-16-19(15)22(30)29(10-14-5-2-1-3-6-14)18(28-16)11-31-21-20-17(25-13-27-21)9-24-12-26-20/h1-8,12-13H,9-11H2,(H,24,26). The van der Waals surface area contributed by atoms with Gasteiger partial charge in [-0.1, -0.05) is 48.2 Å². The Morgan fingerprint density at radius 1 is 1.10 bits per heavy atom. The molecule has 0 spiro atoms. The number of hydrogen-bond donors (Lipinski definition) is 1. The van der Waals surface area contributed by atoms with E-state index in [4.69, 9.17) is 0 Å². The van der Waals surface area contributed by atoms with Crippen LogP contribution in [-0.2, 0) is 18.8 Å². The summed E-state index contributed by atoms with van der Waals surface area (Å²) in [6, 6.07) is 14.1. The minimum atomic E-state index is -0.565. The van der Waals surface area contributed by atoms with Gasteiger partial charge in [-0.3, -0.25) is 14.4 Å². The normalized spacial score (nSPS) is 12.5. The zero-order valence-electron chi connectivity index (χ0n) is 16.3. The molecule has 0 bridgehead atoms. The predicted octanol–water partition coefficient (Wildman–Crippen LogP) is 3.62. The second kappa shape index (κ2) is 8.27. The highest BCUT2D eigenvalue weighted by molar-refractivity contribution is 7.98. The predicted molar refractivity (Wildman–Crippen MR) is 119 cm³/mol. The highest BCUT2D eigenvalue weighted by Gasteiger charge is 2.18. The number of aliphatic imine (C=N–C) groups is 1. The lowest BCUT2D eigenvalue weighted by atomic mass is 10.2. The monoisotopic (exact) mass is 432 g/mol. The number of anilines is 1. The Kier molecular flexibility index (Phi) is 5.17. The van der Waals surface area contributed by atoms with Crippen molar-refractivity contribution < 1.29 is 4.39 Å². The van der Waals surface area contributed by atoms with Crippen molar-refractivity contribution in [1.29, 1.82) is 0 Å². The van der Waals surface area contributed by atoms with Gasteiger partial charge < -0.3 is 5.32 Å². The zero-order chi connectivity index (χ0) is 21.2. The molecule has 3 heterocycles. The van der Waals surface area contributed by atoms with Crippen LogP contribution < -0.4 is 10.9 Å². The van der Waals surface area contributed by atoms with Crippen LogP contribution >= 0.6 is 11.8 Å². The number of rotatable bonds is 5. The van der Waals surface area contributed by atoms with E-state index in [0.29, 0.717) is 30.2 Å². The molecule has 4 aromatic rings. The Morgan fingerprint density at radius 3 is 2.84 bits per heavy atom.